The van der Waals surface area contributed by atoms with E-state index in [1.54, 1.807) is 0 Å². The van der Waals surface area contributed by atoms with Crippen LogP contribution in [0.5, 0.6) is 0 Å². The maximum absolute atomic E-state index is 9.21. The van der Waals surface area contributed by atoms with E-state index in [0.29, 0.717) is 6.04 Å². The molecule has 0 aromatic heterocycles. The SMILES string of the molecule is CCC1CCCC(NC2CC(O)C2)C1. The third kappa shape index (κ3) is 2.48. The Bertz CT molecular complexity index is 177. The van der Waals surface area contributed by atoms with Gasteiger partial charge in [-0.2, -0.15) is 0 Å². The fourth-order valence-electron chi connectivity index (χ4n) is 2.87. The predicted molar refractivity (Wildman–Crippen MR) is 58.2 cm³/mol. The smallest absolute Gasteiger partial charge is 0.0570 e. The lowest BCUT2D eigenvalue weighted by atomic mass is 9.82. The standard InChI is InChI=1S/C12H23NO/c1-2-9-4-3-5-10(6-9)13-11-7-12(14)8-11/h9-14H,2-8H2,1H3. The number of aliphatic hydroxyl groups is 1. The first-order valence-corrected chi connectivity index (χ1v) is 6.22. The fourth-order valence-corrected chi connectivity index (χ4v) is 2.87. The maximum Gasteiger partial charge on any atom is 0.0570 e. The monoisotopic (exact) mass is 197 g/mol. The van der Waals surface area contributed by atoms with Crippen molar-refractivity contribution in [1.82, 2.24) is 5.32 Å². The number of aliphatic hydroxyl groups excluding tert-OH is 1. The van der Waals surface area contributed by atoms with Gasteiger partial charge in [0.15, 0.2) is 0 Å². The number of hydrogen-bond acceptors (Lipinski definition) is 2. The molecule has 0 radical (unpaired) electrons. The van der Waals surface area contributed by atoms with Crippen LogP contribution < -0.4 is 5.32 Å². The number of rotatable bonds is 3. The van der Waals surface area contributed by atoms with Crippen LogP contribution in [0.4, 0.5) is 0 Å². The van der Waals surface area contributed by atoms with E-state index in [0.717, 1.165) is 24.8 Å². The molecule has 2 rings (SSSR count). The van der Waals surface area contributed by atoms with Gasteiger partial charge in [-0.15, -0.1) is 0 Å². The Kier molecular flexibility index (Phi) is 3.45. The van der Waals surface area contributed by atoms with Crippen molar-refractivity contribution in [3.63, 3.8) is 0 Å². The van der Waals surface area contributed by atoms with Crippen LogP contribution in [0.25, 0.3) is 0 Å². The van der Waals surface area contributed by atoms with Gasteiger partial charge in [0.05, 0.1) is 6.10 Å². The lowest BCUT2D eigenvalue weighted by Crippen LogP contribution is -2.49. The molecule has 0 amide bonds. The molecule has 82 valence electrons. The van der Waals surface area contributed by atoms with Crippen LogP contribution in [-0.2, 0) is 0 Å². The van der Waals surface area contributed by atoms with Crippen molar-refractivity contribution in [2.45, 2.75) is 70.1 Å². The molecule has 0 aromatic rings. The maximum atomic E-state index is 9.21. The highest BCUT2D eigenvalue weighted by Crippen LogP contribution is 2.29. The van der Waals surface area contributed by atoms with Crippen LogP contribution in [0.1, 0.15) is 51.9 Å². The Balaban J connectivity index is 1.69. The second-order valence-corrected chi connectivity index (χ2v) is 5.13. The Morgan fingerprint density at radius 1 is 1.14 bits per heavy atom. The highest BCUT2D eigenvalue weighted by atomic mass is 16.3. The number of hydrogen-bond donors (Lipinski definition) is 2. The molecule has 14 heavy (non-hydrogen) atoms. The lowest BCUT2D eigenvalue weighted by Gasteiger charge is -2.38. The van der Waals surface area contributed by atoms with Gasteiger partial charge in [-0.05, 0) is 31.6 Å². The minimum atomic E-state index is -0.0157. The molecule has 2 atom stereocenters. The van der Waals surface area contributed by atoms with Gasteiger partial charge in [-0.25, -0.2) is 0 Å². The summed E-state index contributed by atoms with van der Waals surface area (Å²) in [6.07, 6.45) is 8.82. The summed E-state index contributed by atoms with van der Waals surface area (Å²) in [4.78, 5) is 0. The molecule has 2 aliphatic carbocycles. The summed E-state index contributed by atoms with van der Waals surface area (Å²) < 4.78 is 0. The first-order chi connectivity index (χ1) is 6.78. The normalized spacial score (nSPS) is 43.3. The van der Waals surface area contributed by atoms with E-state index in [2.05, 4.69) is 12.2 Å². The van der Waals surface area contributed by atoms with Gasteiger partial charge in [0, 0.05) is 12.1 Å². The van der Waals surface area contributed by atoms with Crippen LogP contribution in [-0.4, -0.2) is 23.3 Å². The van der Waals surface area contributed by atoms with Gasteiger partial charge >= 0.3 is 0 Å². The van der Waals surface area contributed by atoms with Crippen LogP contribution in [0.15, 0.2) is 0 Å². The highest BCUT2D eigenvalue weighted by Gasteiger charge is 2.30. The third-order valence-corrected chi connectivity index (χ3v) is 3.94. The summed E-state index contributed by atoms with van der Waals surface area (Å²) >= 11 is 0. The van der Waals surface area contributed by atoms with E-state index in [9.17, 15) is 5.11 Å². The first kappa shape index (κ1) is 10.4. The van der Waals surface area contributed by atoms with Crippen LogP contribution >= 0.6 is 0 Å². The average Bonchev–Trinajstić information content (AvgIpc) is 2.16. The molecule has 2 unspecified atom stereocenters. The van der Waals surface area contributed by atoms with Crippen molar-refractivity contribution in [1.29, 1.82) is 0 Å². The quantitative estimate of drug-likeness (QED) is 0.726. The molecule has 0 bridgehead atoms. The van der Waals surface area contributed by atoms with Crippen LogP contribution in [0, 0.1) is 5.92 Å². The van der Waals surface area contributed by atoms with Crippen molar-refractivity contribution >= 4 is 0 Å². The molecule has 2 fully saturated rings. The second-order valence-electron chi connectivity index (χ2n) is 5.13. The summed E-state index contributed by atoms with van der Waals surface area (Å²) in [5, 5.41) is 12.9. The molecule has 0 spiro atoms. The van der Waals surface area contributed by atoms with Crippen molar-refractivity contribution in [3.8, 4) is 0 Å². The molecule has 2 aliphatic rings. The van der Waals surface area contributed by atoms with Crippen LogP contribution in [0.3, 0.4) is 0 Å². The highest BCUT2D eigenvalue weighted by molar-refractivity contribution is 4.88. The van der Waals surface area contributed by atoms with E-state index < -0.39 is 0 Å². The Labute approximate surface area is 87.1 Å². The van der Waals surface area contributed by atoms with Gasteiger partial charge in [-0.1, -0.05) is 26.2 Å². The molecular weight excluding hydrogens is 174 g/mol. The largest absolute Gasteiger partial charge is 0.393 e. The predicted octanol–water partition coefficient (Wildman–Crippen LogP) is 2.07. The van der Waals surface area contributed by atoms with Crippen molar-refractivity contribution in [2.24, 2.45) is 5.92 Å². The van der Waals surface area contributed by atoms with E-state index >= 15 is 0 Å². The fraction of sp³-hybridized carbons (Fsp3) is 1.00. The topological polar surface area (TPSA) is 32.3 Å². The summed E-state index contributed by atoms with van der Waals surface area (Å²) in [6, 6.07) is 1.36. The van der Waals surface area contributed by atoms with Gasteiger partial charge in [0.2, 0.25) is 0 Å². The van der Waals surface area contributed by atoms with E-state index in [-0.39, 0.29) is 6.10 Å². The summed E-state index contributed by atoms with van der Waals surface area (Å²) in [5.41, 5.74) is 0. The zero-order valence-electron chi connectivity index (χ0n) is 9.21. The molecule has 0 heterocycles. The Hall–Kier alpha value is -0.0800. The lowest BCUT2D eigenvalue weighted by molar-refractivity contribution is 0.0534. The minimum Gasteiger partial charge on any atom is -0.393 e. The van der Waals surface area contributed by atoms with Gasteiger partial charge in [0.25, 0.3) is 0 Å². The van der Waals surface area contributed by atoms with E-state index in [1.165, 1.54) is 32.1 Å². The summed E-state index contributed by atoms with van der Waals surface area (Å²) in [5.74, 6) is 0.950. The van der Waals surface area contributed by atoms with Gasteiger partial charge in [0.1, 0.15) is 0 Å². The Morgan fingerprint density at radius 3 is 2.57 bits per heavy atom. The van der Waals surface area contributed by atoms with E-state index in [4.69, 9.17) is 0 Å². The molecule has 0 saturated heterocycles. The molecule has 0 aromatic carbocycles. The molecule has 2 nitrogen and oxygen atoms in total. The number of nitrogens with one attached hydrogen (secondary N) is 1. The van der Waals surface area contributed by atoms with E-state index in [1.807, 2.05) is 0 Å². The molecule has 2 saturated carbocycles. The van der Waals surface area contributed by atoms with Gasteiger partial charge < -0.3 is 10.4 Å². The van der Waals surface area contributed by atoms with Crippen molar-refractivity contribution in [3.05, 3.63) is 0 Å². The zero-order valence-corrected chi connectivity index (χ0v) is 9.21. The molecular formula is C12H23NO. The third-order valence-electron chi connectivity index (χ3n) is 3.94. The molecule has 2 N–H and O–H groups in total. The summed E-state index contributed by atoms with van der Waals surface area (Å²) in [6.45, 7) is 2.31. The van der Waals surface area contributed by atoms with Gasteiger partial charge in [-0.3, -0.25) is 0 Å². The average molecular weight is 197 g/mol. The summed E-state index contributed by atoms with van der Waals surface area (Å²) in [7, 11) is 0. The van der Waals surface area contributed by atoms with Crippen molar-refractivity contribution < 1.29 is 5.11 Å². The minimum absolute atomic E-state index is 0.0157. The first-order valence-electron chi connectivity index (χ1n) is 6.22. The molecule has 0 aliphatic heterocycles. The zero-order chi connectivity index (χ0) is 9.97. The Morgan fingerprint density at radius 2 is 1.93 bits per heavy atom. The van der Waals surface area contributed by atoms with Crippen LogP contribution in [0.2, 0.25) is 0 Å². The van der Waals surface area contributed by atoms with Crippen molar-refractivity contribution in [2.75, 3.05) is 0 Å². The second kappa shape index (κ2) is 4.63. The molecule has 2 heteroatoms.